The quantitative estimate of drug-likeness (QED) is 0.280. The van der Waals surface area contributed by atoms with E-state index in [0.29, 0.717) is 29.0 Å². The highest BCUT2D eigenvalue weighted by Crippen LogP contribution is 2.36. The monoisotopic (exact) mass is 488 g/mol. The van der Waals surface area contributed by atoms with Crippen LogP contribution in [0.15, 0.2) is 53.1 Å². The predicted octanol–water partition coefficient (Wildman–Crippen LogP) is 5.59. The molecule has 4 rings (SSSR count). The number of anilines is 3. The van der Waals surface area contributed by atoms with E-state index in [4.69, 9.17) is 4.52 Å². The number of aromatic amines is 1. The van der Waals surface area contributed by atoms with Crippen molar-refractivity contribution in [3.63, 3.8) is 0 Å². The highest BCUT2D eigenvalue weighted by Gasteiger charge is 2.19. The summed E-state index contributed by atoms with van der Waals surface area (Å²) >= 11 is 0. The third-order valence-electron chi connectivity index (χ3n) is 5.46. The van der Waals surface area contributed by atoms with Gasteiger partial charge >= 0.3 is 6.03 Å². The first-order valence-electron chi connectivity index (χ1n) is 12.0. The van der Waals surface area contributed by atoms with Crippen LogP contribution in [0.25, 0.3) is 22.5 Å². The molecule has 0 spiro atoms. The number of H-pyrrole nitrogens is 1. The summed E-state index contributed by atoms with van der Waals surface area (Å²) in [6.45, 7) is 12.3. The van der Waals surface area contributed by atoms with Gasteiger partial charge in [0.25, 0.3) is 0 Å². The van der Waals surface area contributed by atoms with E-state index in [1.807, 2.05) is 30.3 Å². The number of tetrazole rings is 1. The summed E-state index contributed by atoms with van der Waals surface area (Å²) in [5.74, 6) is 1.75. The summed E-state index contributed by atoms with van der Waals surface area (Å²) < 4.78 is 5.15. The maximum atomic E-state index is 13.0. The summed E-state index contributed by atoms with van der Waals surface area (Å²) in [6.07, 6.45) is 0. The molecule has 4 aromatic rings. The van der Waals surface area contributed by atoms with Crippen LogP contribution in [0.2, 0.25) is 0 Å². The number of aromatic nitrogens is 5. The molecule has 10 nitrogen and oxygen atoms in total. The van der Waals surface area contributed by atoms with E-state index in [2.05, 4.69) is 81.1 Å². The zero-order valence-electron chi connectivity index (χ0n) is 21.2. The summed E-state index contributed by atoms with van der Waals surface area (Å²) in [5, 5.41) is 23.9. The SMILES string of the molecule is Cc1cc(NC(=O)Nc2cc(-c3ccccc3-c3nnn[nH]3)ccc2N(CC(C)C)CC(C)C)on1. The Kier molecular flexibility index (Phi) is 7.62. The van der Waals surface area contributed by atoms with Gasteiger partial charge in [0.2, 0.25) is 5.88 Å². The molecule has 10 heteroatoms. The van der Waals surface area contributed by atoms with E-state index in [9.17, 15) is 4.79 Å². The molecule has 0 radical (unpaired) electrons. The maximum Gasteiger partial charge on any atom is 0.326 e. The molecule has 0 unspecified atom stereocenters. The highest BCUT2D eigenvalue weighted by atomic mass is 16.5. The van der Waals surface area contributed by atoms with Gasteiger partial charge in [0, 0.05) is 24.7 Å². The zero-order valence-corrected chi connectivity index (χ0v) is 21.2. The van der Waals surface area contributed by atoms with E-state index >= 15 is 0 Å². The average Bonchev–Trinajstić information content (AvgIpc) is 3.50. The fourth-order valence-corrected chi connectivity index (χ4v) is 4.13. The highest BCUT2D eigenvalue weighted by molar-refractivity contribution is 6.02. The first-order valence-corrected chi connectivity index (χ1v) is 12.0. The fourth-order valence-electron chi connectivity index (χ4n) is 4.13. The number of carbonyl (C=O) groups excluding carboxylic acids is 1. The van der Waals surface area contributed by atoms with Gasteiger partial charge < -0.3 is 14.7 Å². The van der Waals surface area contributed by atoms with Crippen molar-refractivity contribution in [2.24, 2.45) is 11.8 Å². The molecule has 2 aromatic heterocycles. The molecule has 3 N–H and O–H groups in total. The van der Waals surface area contributed by atoms with Crippen LogP contribution in [-0.4, -0.2) is 44.9 Å². The van der Waals surface area contributed by atoms with Crippen LogP contribution in [0.5, 0.6) is 0 Å². The topological polar surface area (TPSA) is 125 Å². The Hall–Kier alpha value is -4.21. The van der Waals surface area contributed by atoms with Crippen molar-refractivity contribution in [1.29, 1.82) is 0 Å². The molecule has 0 saturated carbocycles. The second kappa shape index (κ2) is 11.0. The summed E-state index contributed by atoms with van der Waals surface area (Å²) in [5.41, 5.74) is 5.05. The first-order chi connectivity index (χ1) is 17.3. The number of nitrogens with one attached hydrogen (secondary N) is 3. The third-order valence-corrected chi connectivity index (χ3v) is 5.46. The van der Waals surface area contributed by atoms with Crippen molar-refractivity contribution in [2.45, 2.75) is 34.6 Å². The Morgan fingerprint density at radius 3 is 2.33 bits per heavy atom. The molecule has 0 fully saturated rings. The Labute approximate surface area is 210 Å². The number of urea groups is 1. The standard InChI is InChI=1S/C26H32N8O2/c1-16(2)14-34(15-17(3)4)23-11-10-19(20-8-6-7-9-21(20)25-29-32-33-30-25)13-22(23)27-26(35)28-24-12-18(5)31-36-24/h6-13,16-17H,14-15H2,1-5H3,(H2,27,28,35)(H,29,30,32,33). The van der Waals surface area contributed by atoms with Gasteiger partial charge in [-0.1, -0.05) is 63.2 Å². The van der Waals surface area contributed by atoms with Gasteiger partial charge in [-0.25, -0.2) is 9.89 Å². The van der Waals surface area contributed by atoms with E-state index in [1.165, 1.54) is 0 Å². The molecule has 0 aliphatic heterocycles. The van der Waals surface area contributed by atoms with Crippen molar-refractivity contribution in [2.75, 3.05) is 28.6 Å². The number of carbonyl (C=O) groups is 1. The third kappa shape index (κ3) is 6.07. The van der Waals surface area contributed by atoms with Gasteiger partial charge in [0.05, 0.1) is 17.1 Å². The van der Waals surface area contributed by atoms with E-state index < -0.39 is 6.03 Å². The second-order valence-electron chi connectivity index (χ2n) is 9.63. The lowest BCUT2D eigenvalue weighted by Gasteiger charge is -2.30. The van der Waals surface area contributed by atoms with E-state index in [0.717, 1.165) is 35.5 Å². The largest absolute Gasteiger partial charge is 0.369 e. The minimum atomic E-state index is -0.411. The summed E-state index contributed by atoms with van der Waals surface area (Å²) in [6, 6.07) is 15.2. The number of nitrogens with zero attached hydrogens (tertiary/aromatic N) is 5. The average molecular weight is 489 g/mol. The lowest BCUT2D eigenvalue weighted by molar-refractivity contribution is 0.261. The molecule has 188 valence electrons. The van der Waals surface area contributed by atoms with Crippen molar-refractivity contribution in [1.82, 2.24) is 25.8 Å². The van der Waals surface area contributed by atoms with Gasteiger partial charge in [-0.3, -0.25) is 5.32 Å². The van der Waals surface area contributed by atoms with Gasteiger partial charge in [-0.05, 0) is 52.4 Å². The van der Waals surface area contributed by atoms with Crippen LogP contribution < -0.4 is 15.5 Å². The molecule has 0 aliphatic rings. The number of hydrogen-bond acceptors (Lipinski definition) is 7. The smallest absolute Gasteiger partial charge is 0.326 e. The second-order valence-corrected chi connectivity index (χ2v) is 9.63. The van der Waals surface area contributed by atoms with E-state index in [-0.39, 0.29) is 5.88 Å². The zero-order chi connectivity index (χ0) is 25.7. The molecule has 2 heterocycles. The summed E-state index contributed by atoms with van der Waals surface area (Å²) in [4.78, 5) is 15.3. The molecule has 0 aliphatic carbocycles. The molecule has 36 heavy (non-hydrogen) atoms. The van der Waals surface area contributed by atoms with Gasteiger partial charge in [-0.2, -0.15) is 0 Å². The molecular weight excluding hydrogens is 456 g/mol. The summed E-state index contributed by atoms with van der Waals surface area (Å²) in [7, 11) is 0. The number of amides is 2. The molecule has 0 bridgehead atoms. The molecule has 0 atom stereocenters. The maximum absolute atomic E-state index is 13.0. The Balaban J connectivity index is 1.75. The van der Waals surface area contributed by atoms with E-state index in [1.54, 1.807) is 13.0 Å². The molecular formula is C26H32N8O2. The molecule has 2 amide bonds. The Bertz CT molecular complexity index is 1290. The van der Waals surface area contributed by atoms with Crippen LogP contribution in [0, 0.1) is 18.8 Å². The Morgan fingerprint density at radius 1 is 1.00 bits per heavy atom. The minimum Gasteiger partial charge on any atom is -0.369 e. The van der Waals surface area contributed by atoms with Crippen molar-refractivity contribution >= 4 is 23.3 Å². The number of benzene rings is 2. The number of rotatable bonds is 9. The molecule has 2 aromatic carbocycles. The number of aryl methyl sites for hydroxylation is 1. The van der Waals surface area contributed by atoms with Crippen molar-refractivity contribution in [3.05, 3.63) is 54.2 Å². The predicted molar refractivity (Wildman–Crippen MR) is 141 cm³/mol. The van der Waals surface area contributed by atoms with Crippen molar-refractivity contribution < 1.29 is 9.32 Å². The lowest BCUT2D eigenvalue weighted by Crippen LogP contribution is -2.32. The minimum absolute atomic E-state index is 0.284. The van der Waals surface area contributed by atoms with Crippen LogP contribution in [-0.2, 0) is 0 Å². The van der Waals surface area contributed by atoms with Gasteiger partial charge in [0.15, 0.2) is 5.82 Å². The van der Waals surface area contributed by atoms with Crippen LogP contribution in [0.3, 0.4) is 0 Å². The van der Waals surface area contributed by atoms with Crippen LogP contribution in [0.1, 0.15) is 33.4 Å². The van der Waals surface area contributed by atoms with Gasteiger partial charge in [-0.15, -0.1) is 5.10 Å². The van der Waals surface area contributed by atoms with Crippen LogP contribution >= 0.6 is 0 Å². The van der Waals surface area contributed by atoms with Gasteiger partial charge in [0.1, 0.15) is 0 Å². The Morgan fingerprint density at radius 2 is 1.72 bits per heavy atom. The van der Waals surface area contributed by atoms with Crippen molar-refractivity contribution in [3.8, 4) is 22.5 Å². The first kappa shape index (κ1) is 24.9. The lowest BCUT2D eigenvalue weighted by atomic mass is 9.98. The molecule has 0 saturated heterocycles. The number of hydrogen-bond donors (Lipinski definition) is 3. The fraction of sp³-hybridized carbons (Fsp3) is 0.346. The van der Waals surface area contributed by atoms with Crippen LogP contribution in [0.4, 0.5) is 22.1 Å². The normalized spacial score (nSPS) is 11.2.